The molecule has 0 atom stereocenters. The maximum atomic E-state index is 14.2. The third-order valence-electron chi connectivity index (χ3n) is 5.59. The van der Waals surface area contributed by atoms with Gasteiger partial charge in [0.05, 0.1) is 5.56 Å². The standard InChI is InChI=1S/C27H25F4NO4/c1-3-18-13-22(7-4-19(18)5-9-25(33)34)36-23-12-17(11-21(28)14-23)15-32-26(35)24-8-6-20(10-16(24)2)27(29,30)31/h4,6-8,10-14H,3,5,9,15H2,1-2H3,(H,32,35)(H,33,34). The van der Waals surface area contributed by atoms with Gasteiger partial charge >= 0.3 is 12.1 Å². The summed E-state index contributed by atoms with van der Waals surface area (Å²) in [5.74, 6) is -1.41. The first-order valence-corrected chi connectivity index (χ1v) is 11.2. The molecular formula is C27H25F4NO4. The van der Waals surface area contributed by atoms with Crippen LogP contribution in [0.4, 0.5) is 17.6 Å². The summed E-state index contributed by atoms with van der Waals surface area (Å²) in [7, 11) is 0. The Morgan fingerprint density at radius 1 is 0.972 bits per heavy atom. The van der Waals surface area contributed by atoms with E-state index in [0.717, 1.165) is 29.3 Å². The Morgan fingerprint density at radius 2 is 1.72 bits per heavy atom. The molecule has 5 nitrogen and oxygen atoms in total. The predicted octanol–water partition coefficient (Wildman–Crippen LogP) is 6.45. The number of carboxylic acid groups (broad SMARTS) is 1. The summed E-state index contributed by atoms with van der Waals surface area (Å²) < 4.78 is 58.6. The highest BCUT2D eigenvalue weighted by molar-refractivity contribution is 5.95. The molecular weight excluding hydrogens is 478 g/mol. The quantitative estimate of drug-likeness (QED) is 0.329. The van der Waals surface area contributed by atoms with E-state index >= 15 is 0 Å². The van der Waals surface area contributed by atoms with Crippen LogP contribution in [0.25, 0.3) is 0 Å². The molecule has 0 radical (unpaired) electrons. The van der Waals surface area contributed by atoms with Crippen LogP contribution in [0, 0.1) is 12.7 Å². The topological polar surface area (TPSA) is 75.6 Å². The van der Waals surface area contributed by atoms with Crippen molar-refractivity contribution in [3.05, 3.63) is 93.8 Å². The summed E-state index contributed by atoms with van der Waals surface area (Å²) in [6.45, 7) is 3.28. The number of aryl methyl sites for hydroxylation is 3. The molecule has 9 heteroatoms. The fraction of sp³-hybridized carbons (Fsp3) is 0.259. The second-order valence-corrected chi connectivity index (χ2v) is 8.29. The molecule has 3 aromatic rings. The lowest BCUT2D eigenvalue weighted by Crippen LogP contribution is -2.24. The smallest absolute Gasteiger partial charge is 0.416 e. The molecule has 0 bridgehead atoms. The number of nitrogens with one attached hydrogen (secondary N) is 1. The van der Waals surface area contributed by atoms with Gasteiger partial charge in [-0.15, -0.1) is 0 Å². The molecule has 0 heterocycles. The number of alkyl halides is 3. The van der Waals surface area contributed by atoms with Gasteiger partial charge < -0.3 is 15.2 Å². The molecule has 0 saturated carbocycles. The molecule has 0 aliphatic carbocycles. The lowest BCUT2D eigenvalue weighted by atomic mass is 10.0. The maximum Gasteiger partial charge on any atom is 0.416 e. The predicted molar refractivity (Wildman–Crippen MR) is 126 cm³/mol. The van der Waals surface area contributed by atoms with Crippen molar-refractivity contribution in [3.8, 4) is 11.5 Å². The molecule has 3 aromatic carbocycles. The molecule has 0 saturated heterocycles. The molecule has 0 spiro atoms. The van der Waals surface area contributed by atoms with Gasteiger partial charge in [0.15, 0.2) is 0 Å². The van der Waals surface area contributed by atoms with Gasteiger partial charge in [-0.3, -0.25) is 9.59 Å². The molecule has 0 unspecified atom stereocenters. The zero-order valence-electron chi connectivity index (χ0n) is 19.7. The summed E-state index contributed by atoms with van der Waals surface area (Å²) >= 11 is 0. The number of amides is 1. The van der Waals surface area contributed by atoms with Crippen molar-refractivity contribution in [2.45, 2.75) is 45.8 Å². The molecule has 36 heavy (non-hydrogen) atoms. The van der Waals surface area contributed by atoms with E-state index in [1.54, 1.807) is 24.3 Å². The fourth-order valence-corrected chi connectivity index (χ4v) is 3.77. The second kappa shape index (κ2) is 11.2. The van der Waals surface area contributed by atoms with Crippen molar-refractivity contribution in [1.29, 1.82) is 0 Å². The first kappa shape index (κ1) is 26.7. The third-order valence-corrected chi connectivity index (χ3v) is 5.59. The van der Waals surface area contributed by atoms with Gasteiger partial charge in [-0.1, -0.05) is 13.0 Å². The van der Waals surface area contributed by atoms with Crippen LogP contribution in [0.15, 0.2) is 54.6 Å². The summed E-state index contributed by atoms with van der Waals surface area (Å²) in [5.41, 5.74) is 1.63. The number of halogens is 4. The van der Waals surface area contributed by atoms with Crippen molar-refractivity contribution < 1.29 is 37.0 Å². The average molecular weight is 503 g/mol. The van der Waals surface area contributed by atoms with E-state index < -0.39 is 29.4 Å². The van der Waals surface area contributed by atoms with Crippen LogP contribution in [0.3, 0.4) is 0 Å². The van der Waals surface area contributed by atoms with Gasteiger partial charge in [0, 0.05) is 24.6 Å². The first-order valence-electron chi connectivity index (χ1n) is 11.2. The first-order chi connectivity index (χ1) is 17.0. The number of rotatable bonds is 9. The van der Waals surface area contributed by atoms with Gasteiger partial charge in [0.25, 0.3) is 5.91 Å². The Kier molecular flexibility index (Phi) is 8.34. The van der Waals surface area contributed by atoms with Gasteiger partial charge in [0.1, 0.15) is 17.3 Å². The lowest BCUT2D eigenvalue weighted by molar-refractivity contribution is -0.138. The molecule has 2 N–H and O–H groups in total. The lowest BCUT2D eigenvalue weighted by Gasteiger charge is -2.13. The number of carbonyl (C=O) groups excluding carboxylic acids is 1. The monoisotopic (exact) mass is 503 g/mol. The Morgan fingerprint density at radius 3 is 2.36 bits per heavy atom. The van der Waals surface area contributed by atoms with Crippen molar-refractivity contribution in [1.82, 2.24) is 5.32 Å². The second-order valence-electron chi connectivity index (χ2n) is 8.29. The SMILES string of the molecule is CCc1cc(Oc2cc(F)cc(CNC(=O)c3ccc(C(F)(F)F)cc3C)c2)ccc1CCC(=O)O. The van der Waals surface area contributed by atoms with Crippen LogP contribution in [-0.4, -0.2) is 17.0 Å². The Labute approximate surface area is 205 Å². The summed E-state index contributed by atoms with van der Waals surface area (Å²) in [4.78, 5) is 23.4. The van der Waals surface area contributed by atoms with Gasteiger partial charge in [-0.25, -0.2) is 4.39 Å². The molecule has 3 rings (SSSR count). The number of hydrogen-bond donors (Lipinski definition) is 2. The van der Waals surface area contributed by atoms with Crippen molar-refractivity contribution in [2.24, 2.45) is 0 Å². The number of carbonyl (C=O) groups is 2. The van der Waals surface area contributed by atoms with Crippen molar-refractivity contribution >= 4 is 11.9 Å². The van der Waals surface area contributed by atoms with E-state index in [1.165, 1.54) is 19.1 Å². The van der Waals surface area contributed by atoms with E-state index in [-0.39, 0.29) is 29.8 Å². The highest BCUT2D eigenvalue weighted by atomic mass is 19.4. The van der Waals surface area contributed by atoms with Crippen molar-refractivity contribution in [3.63, 3.8) is 0 Å². The summed E-state index contributed by atoms with van der Waals surface area (Å²) in [5, 5.41) is 11.5. The molecule has 0 aromatic heterocycles. The zero-order valence-corrected chi connectivity index (χ0v) is 19.7. The Balaban J connectivity index is 1.70. The van der Waals surface area contributed by atoms with Crippen molar-refractivity contribution in [2.75, 3.05) is 0 Å². The Hall–Kier alpha value is -3.88. The van der Waals surface area contributed by atoms with Gasteiger partial charge in [-0.2, -0.15) is 13.2 Å². The number of benzene rings is 3. The van der Waals surface area contributed by atoms with E-state index in [4.69, 9.17) is 9.84 Å². The van der Waals surface area contributed by atoms with E-state index in [1.807, 2.05) is 6.92 Å². The number of carboxylic acids is 1. The van der Waals surface area contributed by atoms with Crippen LogP contribution >= 0.6 is 0 Å². The molecule has 1 amide bonds. The minimum absolute atomic E-state index is 0.0121. The molecule has 0 fully saturated rings. The van der Waals surface area contributed by atoms with Crippen LogP contribution in [0.2, 0.25) is 0 Å². The maximum absolute atomic E-state index is 14.2. The summed E-state index contributed by atoms with van der Waals surface area (Å²) in [6.07, 6.45) is -3.44. The van der Waals surface area contributed by atoms with E-state index in [9.17, 15) is 27.2 Å². The van der Waals surface area contributed by atoms with Crippen LogP contribution < -0.4 is 10.1 Å². The van der Waals surface area contributed by atoms with E-state index in [2.05, 4.69) is 5.32 Å². The largest absolute Gasteiger partial charge is 0.481 e. The van der Waals surface area contributed by atoms with Crippen LogP contribution in [0.5, 0.6) is 11.5 Å². The fourth-order valence-electron chi connectivity index (χ4n) is 3.77. The van der Waals surface area contributed by atoms with Gasteiger partial charge in [0.2, 0.25) is 0 Å². The summed E-state index contributed by atoms with van der Waals surface area (Å²) in [6, 6.07) is 12.0. The normalized spacial score (nSPS) is 11.3. The highest BCUT2D eigenvalue weighted by Gasteiger charge is 2.31. The van der Waals surface area contributed by atoms with Crippen LogP contribution in [-0.2, 0) is 30.4 Å². The third kappa shape index (κ3) is 7.07. The average Bonchev–Trinajstić information content (AvgIpc) is 2.80. The van der Waals surface area contributed by atoms with Crippen LogP contribution in [0.1, 0.15) is 51.5 Å². The van der Waals surface area contributed by atoms with Gasteiger partial charge in [-0.05, 0) is 84.5 Å². The number of hydrogen-bond acceptors (Lipinski definition) is 3. The Bertz CT molecular complexity index is 1270. The number of ether oxygens (including phenoxy) is 1. The molecule has 0 aliphatic rings. The van der Waals surface area contributed by atoms with E-state index in [0.29, 0.717) is 24.2 Å². The highest BCUT2D eigenvalue weighted by Crippen LogP contribution is 2.31. The zero-order chi connectivity index (χ0) is 26.5. The molecule has 190 valence electrons. The molecule has 0 aliphatic heterocycles. The number of aliphatic carboxylic acids is 1. The minimum atomic E-state index is -4.51. The minimum Gasteiger partial charge on any atom is -0.481 e.